The van der Waals surface area contributed by atoms with Crippen LogP contribution in [0.15, 0.2) is 24.3 Å². The Bertz CT molecular complexity index is 561. The fourth-order valence-electron chi connectivity index (χ4n) is 4.04. The molecule has 2 saturated heterocycles. The number of halogens is 1. The molecule has 0 N–H and O–H groups in total. The summed E-state index contributed by atoms with van der Waals surface area (Å²) < 4.78 is 5.82. The molecule has 0 radical (unpaired) electrons. The molecule has 146 valence electrons. The van der Waals surface area contributed by atoms with E-state index in [4.69, 9.17) is 4.74 Å². The summed E-state index contributed by atoms with van der Waals surface area (Å²) in [5.41, 5.74) is 0.726. The van der Waals surface area contributed by atoms with Gasteiger partial charge in [-0.25, -0.2) is 0 Å². The number of ether oxygens (including phenoxy) is 1. The van der Waals surface area contributed by atoms with E-state index in [1.165, 1.54) is 32.4 Å². The Hall–Kier alpha value is -1.26. The third kappa shape index (κ3) is 5.37. The van der Waals surface area contributed by atoms with Gasteiger partial charge in [-0.15, -0.1) is 12.4 Å². The number of rotatable bonds is 7. The molecule has 0 bridgehead atoms. The second kappa shape index (κ2) is 10.8. The summed E-state index contributed by atoms with van der Waals surface area (Å²) in [5.74, 6) is 0.885. The second-order valence-corrected chi connectivity index (χ2v) is 7.33. The zero-order valence-electron chi connectivity index (χ0n) is 16.0. The minimum Gasteiger partial charge on any atom is -0.493 e. The summed E-state index contributed by atoms with van der Waals surface area (Å²) in [6, 6.07) is 8.10. The normalized spacial score (nSPS) is 20.7. The van der Waals surface area contributed by atoms with Gasteiger partial charge in [0.25, 0.3) is 5.91 Å². The van der Waals surface area contributed by atoms with Crippen molar-refractivity contribution in [3.8, 4) is 5.75 Å². The molecule has 2 aliphatic rings. The van der Waals surface area contributed by atoms with E-state index in [0.717, 1.165) is 50.1 Å². The standard InChI is InChI=1S/C21H32N2O2.ClH/c1-2-17-25-20-11-4-3-10-19(20)21(24)23-15-6-5-9-18(23)12-16-22-13-7-8-14-22;/h3-4,10-11,18H,2,5-9,12-17H2,1H3;1H. The van der Waals surface area contributed by atoms with Gasteiger partial charge in [0.15, 0.2) is 0 Å². The number of piperidine rings is 1. The van der Waals surface area contributed by atoms with E-state index in [1.807, 2.05) is 24.3 Å². The molecule has 2 fully saturated rings. The zero-order chi connectivity index (χ0) is 17.5. The van der Waals surface area contributed by atoms with E-state index in [1.54, 1.807) is 0 Å². The lowest BCUT2D eigenvalue weighted by molar-refractivity contribution is 0.0583. The summed E-state index contributed by atoms with van der Waals surface area (Å²) in [6.45, 7) is 7.21. The van der Waals surface area contributed by atoms with Crippen molar-refractivity contribution in [2.24, 2.45) is 0 Å². The van der Waals surface area contributed by atoms with Crippen molar-refractivity contribution in [2.45, 2.75) is 57.9 Å². The first kappa shape index (κ1) is 21.0. The SMILES string of the molecule is CCCOc1ccccc1C(=O)N1CCCCC1CCN1CCCC1.Cl. The van der Waals surface area contributed by atoms with Crippen molar-refractivity contribution in [3.05, 3.63) is 29.8 Å². The molecule has 2 aliphatic heterocycles. The number of amides is 1. The van der Waals surface area contributed by atoms with Crippen LogP contribution in [0.2, 0.25) is 0 Å². The number of carbonyl (C=O) groups excluding carboxylic acids is 1. The maximum Gasteiger partial charge on any atom is 0.257 e. The number of hydrogen-bond donors (Lipinski definition) is 0. The molecule has 1 aromatic rings. The number of carbonyl (C=O) groups is 1. The molecular formula is C21H33ClN2O2. The second-order valence-electron chi connectivity index (χ2n) is 7.33. The Morgan fingerprint density at radius 3 is 2.62 bits per heavy atom. The molecule has 1 atom stereocenters. The Balaban J connectivity index is 0.00000243. The number of nitrogens with zero attached hydrogens (tertiary/aromatic N) is 2. The average Bonchev–Trinajstić information content (AvgIpc) is 3.18. The molecule has 4 nitrogen and oxygen atoms in total. The molecule has 1 aromatic carbocycles. The highest BCUT2D eigenvalue weighted by atomic mass is 35.5. The van der Waals surface area contributed by atoms with Gasteiger partial charge in [0.1, 0.15) is 5.75 Å². The summed E-state index contributed by atoms with van der Waals surface area (Å²) in [4.78, 5) is 17.9. The van der Waals surface area contributed by atoms with Gasteiger partial charge in [0.05, 0.1) is 12.2 Å². The molecule has 0 spiro atoms. The first-order valence-electron chi connectivity index (χ1n) is 10.0. The Kier molecular flexibility index (Phi) is 8.73. The van der Waals surface area contributed by atoms with Gasteiger partial charge in [0.2, 0.25) is 0 Å². The van der Waals surface area contributed by atoms with E-state index in [9.17, 15) is 4.79 Å². The molecule has 0 saturated carbocycles. The number of hydrogen-bond acceptors (Lipinski definition) is 3. The third-order valence-corrected chi connectivity index (χ3v) is 5.44. The lowest BCUT2D eigenvalue weighted by Gasteiger charge is -2.37. The first-order valence-corrected chi connectivity index (χ1v) is 10.0. The van der Waals surface area contributed by atoms with E-state index < -0.39 is 0 Å². The maximum atomic E-state index is 13.2. The summed E-state index contributed by atoms with van der Waals surface area (Å²) in [5, 5.41) is 0. The minimum atomic E-state index is 0. The monoisotopic (exact) mass is 380 g/mol. The van der Waals surface area contributed by atoms with Crippen molar-refractivity contribution in [1.29, 1.82) is 0 Å². The summed E-state index contributed by atoms with van der Waals surface area (Å²) in [7, 11) is 0. The van der Waals surface area contributed by atoms with Crippen molar-refractivity contribution in [2.75, 3.05) is 32.8 Å². The van der Waals surface area contributed by atoms with Crippen LogP contribution in [-0.4, -0.2) is 54.5 Å². The van der Waals surface area contributed by atoms with Crippen LogP contribution in [0.3, 0.4) is 0 Å². The largest absolute Gasteiger partial charge is 0.493 e. The summed E-state index contributed by atoms with van der Waals surface area (Å²) in [6.07, 6.45) is 8.20. The molecule has 0 aromatic heterocycles. The third-order valence-electron chi connectivity index (χ3n) is 5.44. The number of para-hydroxylation sites is 1. The predicted molar refractivity (Wildman–Crippen MR) is 108 cm³/mol. The highest BCUT2D eigenvalue weighted by Crippen LogP contribution is 2.26. The molecule has 26 heavy (non-hydrogen) atoms. The van der Waals surface area contributed by atoms with E-state index >= 15 is 0 Å². The zero-order valence-corrected chi connectivity index (χ0v) is 16.8. The topological polar surface area (TPSA) is 32.8 Å². The van der Waals surface area contributed by atoms with Crippen LogP contribution in [0.25, 0.3) is 0 Å². The number of likely N-dealkylation sites (tertiary alicyclic amines) is 2. The predicted octanol–water partition coefficient (Wildman–Crippen LogP) is 4.38. The summed E-state index contributed by atoms with van der Waals surface area (Å²) >= 11 is 0. The van der Waals surface area contributed by atoms with E-state index in [-0.39, 0.29) is 18.3 Å². The highest BCUT2D eigenvalue weighted by molar-refractivity contribution is 5.97. The van der Waals surface area contributed by atoms with Crippen LogP contribution in [-0.2, 0) is 0 Å². The van der Waals surface area contributed by atoms with Crippen LogP contribution in [0.4, 0.5) is 0 Å². The fourth-order valence-corrected chi connectivity index (χ4v) is 4.04. The van der Waals surface area contributed by atoms with Crippen molar-refractivity contribution >= 4 is 18.3 Å². The Morgan fingerprint density at radius 1 is 1.12 bits per heavy atom. The molecule has 1 unspecified atom stereocenters. The van der Waals surface area contributed by atoms with Crippen molar-refractivity contribution in [1.82, 2.24) is 9.80 Å². The van der Waals surface area contributed by atoms with Gasteiger partial charge in [-0.3, -0.25) is 4.79 Å². The van der Waals surface area contributed by atoms with Gasteiger partial charge < -0.3 is 14.5 Å². The fraction of sp³-hybridized carbons (Fsp3) is 0.667. The molecule has 2 heterocycles. The van der Waals surface area contributed by atoms with Crippen LogP contribution in [0, 0.1) is 0 Å². The Labute approximate surface area is 164 Å². The molecule has 1 amide bonds. The van der Waals surface area contributed by atoms with Crippen LogP contribution in [0.1, 0.15) is 62.2 Å². The molecule has 5 heteroatoms. The molecular weight excluding hydrogens is 348 g/mol. The van der Waals surface area contributed by atoms with Gasteiger partial charge >= 0.3 is 0 Å². The highest BCUT2D eigenvalue weighted by Gasteiger charge is 2.29. The van der Waals surface area contributed by atoms with Crippen LogP contribution in [0.5, 0.6) is 5.75 Å². The van der Waals surface area contributed by atoms with Gasteiger partial charge in [0, 0.05) is 19.1 Å². The van der Waals surface area contributed by atoms with Gasteiger partial charge in [-0.2, -0.15) is 0 Å². The lowest BCUT2D eigenvalue weighted by Crippen LogP contribution is -2.45. The van der Waals surface area contributed by atoms with E-state index in [2.05, 4.69) is 16.7 Å². The van der Waals surface area contributed by atoms with Gasteiger partial charge in [-0.05, 0) is 70.2 Å². The first-order chi connectivity index (χ1) is 12.3. The van der Waals surface area contributed by atoms with Crippen LogP contribution >= 0.6 is 12.4 Å². The van der Waals surface area contributed by atoms with Gasteiger partial charge in [-0.1, -0.05) is 19.1 Å². The Morgan fingerprint density at radius 2 is 1.85 bits per heavy atom. The number of benzene rings is 1. The quantitative estimate of drug-likeness (QED) is 0.703. The molecule has 3 rings (SSSR count). The molecule has 0 aliphatic carbocycles. The van der Waals surface area contributed by atoms with Crippen molar-refractivity contribution < 1.29 is 9.53 Å². The lowest BCUT2D eigenvalue weighted by atomic mass is 9.97. The smallest absolute Gasteiger partial charge is 0.257 e. The van der Waals surface area contributed by atoms with E-state index in [0.29, 0.717) is 12.6 Å². The average molecular weight is 381 g/mol. The van der Waals surface area contributed by atoms with Crippen molar-refractivity contribution in [3.63, 3.8) is 0 Å². The van der Waals surface area contributed by atoms with Crippen LogP contribution < -0.4 is 4.74 Å². The maximum absolute atomic E-state index is 13.2. The minimum absolute atomic E-state index is 0.